The third-order valence-corrected chi connectivity index (χ3v) is 3.46. The van der Waals surface area contributed by atoms with E-state index in [0.717, 1.165) is 5.56 Å². The number of ether oxygens (including phenoxy) is 2. The fourth-order valence-corrected chi connectivity index (χ4v) is 2.31. The second kappa shape index (κ2) is 6.93. The number of rotatable bonds is 6. The highest BCUT2D eigenvalue weighted by Gasteiger charge is 2.24. The van der Waals surface area contributed by atoms with Gasteiger partial charge in [-0.05, 0) is 42.3 Å². The molecule has 0 fully saturated rings. The molecule has 22 heavy (non-hydrogen) atoms. The zero-order valence-electron chi connectivity index (χ0n) is 12.4. The van der Waals surface area contributed by atoms with E-state index >= 15 is 0 Å². The van der Waals surface area contributed by atoms with Gasteiger partial charge in [-0.15, -0.1) is 0 Å². The maximum Gasteiger partial charge on any atom is 0.311 e. The van der Waals surface area contributed by atoms with Crippen molar-refractivity contribution in [2.24, 2.45) is 0 Å². The van der Waals surface area contributed by atoms with Gasteiger partial charge in [0.2, 0.25) is 0 Å². The lowest BCUT2D eigenvalue weighted by Gasteiger charge is -2.16. The molecule has 0 bridgehead atoms. The molecule has 2 aromatic rings. The topological polar surface area (TPSA) is 55.8 Å². The monoisotopic (exact) mass is 304 g/mol. The van der Waals surface area contributed by atoms with Crippen LogP contribution in [0.3, 0.4) is 0 Å². The molecule has 0 spiro atoms. The largest absolute Gasteiger partial charge is 0.497 e. The molecule has 0 aromatic heterocycles. The summed E-state index contributed by atoms with van der Waals surface area (Å²) in [5.74, 6) is -1.35. The quantitative estimate of drug-likeness (QED) is 0.890. The normalized spacial score (nSPS) is 11.8. The average molecular weight is 304 g/mol. The Balaban J connectivity index is 2.34. The highest BCUT2D eigenvalue weighted by Crippen LogP contribution is 2.30. The summed E-state index contributed by atoms with van der Waals surface area (Å²) >= 11 is 0. The predicted molar refractivity (Wildman–Crippen MR) is 80.0 cm³/mol. The molecule has 0 saturated heterocycles. The van der Waals surface area contributed by atoms with Gasteiger partial charge in [0.15, 0.2) is 0 Å². The highest BCUT2D eigenvalue weighted by molar-refractivity contribution is 5.77. The number of carboxylic acid groups (broad SMARTS) is 1. The molecule has 1 N–H and O–H groups in total. The van der Waals surface area contributed by atoms with Gasteiger partial charge in [0.25, 0.3) is 0 Å². The van der Waals surface area contributed by atoms with Crippen LogP contribution >= 0.6 is 0 Å². The summed E-state index contributed by atoms with van der Waals surface area (Å²) in [4.78, 5) is 11.6. The maximum absolute atomic E-state index is 13.5. The Labute approximate surface area is 128 Å². The lowest BCUT2D eigenvalue weighted by atomic mass is 9.91. The number of hydrogen-bond acceptors (Lipinski definition) is 3. The number of carboxylic acids is 1. The van der Waals surface area contributed by atoms with Gasteiger partial charge in [0, 0.05) is 5.56 Å². The molecule has 0 aliphatic carbocycles. The van der Waals surface area contributed by atoms with Crippen LogP contribution in [-0.2, 0) is 11.2 Å². The molecule has 0 saturated carbocycles. The van der Waals surface area contributed by atoms with Gasteiger partial charge in [-0.25, -0.2) is 4.39 Å². The van der Waals surface area contributed by atoms with Gasteiger partial charge < -0.3 is 14.6 Å². The Morgan fingerprint density at radius 2 is 1.82 bits per heavy atom. The second-order valence-corrected chi connectivity index (χ2v) is 4.83. The zero-order valence-corrected chi connectivity index (χ0v) is 12.4. The SMILES string of the molecule is COc1ccc(CC(C(=O)O)c2cc(F)ccc2OC)cc1. The van der Waals surface area contributed by atoms with Gasteiger partial charge in [0.05, 0.1) is 20.1 Å². The van der Waals surface area contributed by atoms with E-state index in [0.29, 0.717) is 17.1 Å². The molecule has 1 atom stereocenters. The van der Waals surface area contributed by atoms with E-state index in [1.165, 1.54) is 25.3 Å². The van der Waals surface area contributed by atoms with Crippen LogP contribution in [0.2, 0.25) is 0 Å². The minimum absolute atomic E-state index is 0.235. The summed E-state index contributed by atoms with van der Waals surface area (Å²) in [6, 6.07) is 11.0. The summed E-state index contributed by atoms with van der Waals surface area (Å²) in [5, 5.41) is 9.50. The van der Waals surface area contributed by atoms with E-state index in [2.05, 4.69) is 0 Å². The van der Waals surface area contributed by atoms with Crippen molar-refractivity contribution in [2.45, 2.75) is 12.3 Å². The number of methoxy groups -OCH3 is 2. The molecular formula is C17H17FO4. The van der Waals surface area contributed by atoms with Crippen LogP contribution in [0, 0.1) is 5.82 Å². The van der Waals surface area contributed by atoms with Crippen molar-refractivity contribution in [3.05, 3.63) is 59.4 Å². The average Bonchev–Trinajstić information content (AvgIpc) is 2.53. The Morgan fingerprint density at radius 1 is 1.14 bits per heavy atom. The summed E-state index contributed by atoms with van der Waals surface area (Å²) in [5.41, 5.74) is 1.14. The Kier molecular flexibility index (Phi) is 4.99. The van der Waals surface area contributed by atoms with Crippen LogP contribution in [0.25, 0.3) is 0 Å². The highest BCUT2D eigenvalue weighted by atomic mass is 19.1. The molecule has 0 radical (unpaired) electrons. The molecule has 2 rings (SSSR count). The van der Waals surface area contributed by atoms with Crippen molar-refractivity contribution in [1.82, 2.24) is 0 Å². The number of hydrogen-bond donors (Lipinski definition) is 1. The van der Waals surface area contributed by atoms with E-state index in [1.807, 2.05) is 0 Å². The first kappa shape index (κ1) is 15.8. The first-order valence-electron chi connectivity index (χ1n) is 6.74. The van der Waals surface area contributed by atoms with Crippen LogP contribution in [0.1, 0.15) is 17.0 Å². The Hall–Kier alpha value is -2.56. The van der Waals surface area contributed by atoms with E-state index in [1.54, 1.807) is 31.4 Å². The lowest BCUT2D eigenvalue weighted by molar-refractivity contribution is -0.138. The van der Waals surface area contributed by atoms with Gasteiger partial charge in [-0.3, -0.25) is 4.79 Å². The van der Waals surface area contributed by atoms with Crippen molar-refractivity contribution in [2.75, 3.05) is 14.2 Å². The molecule has 5 heteroatoms. The van der Waals surface area contributed by atoms with Crippen LogP contribution in [0.5, 0.6) is 11.5 Å². The standard InChI is InChI=1S/C17H17FO4/c1-21-13-6-3-11(4-7-13)9-15(17(19)20)14-10-12(18)5-8-16(14)22-2/h3-8,10,15H,9H2,1-2H3,(H,19,20). The molecule has 0 amide bonds. The third kappa shape index (κ3) is 3.55. The molecule has 4 nitrogen and oxygen atoms in total. The van der Waals surface area contributed by atoms with Gasteiger partial charge in [0.1, 0.15) is 17.3 Å². The minimum atomic E-state index is -1.03. The summed E-state index contributed by atoms with van der Waals surface area (Å²) < 4.78 is 23.7. The first-order chi connectivity index (χ1) is 10.5. The van der Waals surface area contributed by atoms with Crippen LogP contribution < -0.4 is 9.47 Å². The molecule has 116 valence electrons. The summed E-state index contributed by atoms with van der Waals surface area (Å²) in [6.45, 7) is 0. The second-order valence-electron chi connectivity index (χ2n) is 4.83. The number of halogens is 1. The van der Waals surface area contributed by atoms with Crippen molar-refractivity contribution in [3.63, 3.8) is 0 Å². The fourth-order valence-electron chi connectivity index (χ4n) is 2.31. The molecular weight excluding hydrogens is 287 g/mol. The zero-order chi connectivity index (χ0) is 16.1. The van der Waals surface area contributed by atoms with Crippen LogP contribution in [-0.4, -0.2) is 25.3 Å². The molecule has 2 aromatic carbocycles. The Bertz CT molecular complexity index is 652. The molecule has 0 aliphatic heterocycles. The van der Waals surface area contributed by atoms with E-state index in [9.17, 15) is 14.3 Å². The molecule has 0 aliphatic rings. The first-order valence-corrected chi connectivity index (χ1v) is 6.74. The van der Waals surface area contributed by atoms with Crippen molar-refractivity contribution < 1.29 is 23.8 Å². The number of aliphatic carboxylic acids is 1. The fraction of sp³-hybridized carbons (Fsp3) is 0.235. The maximum atomic E-state index is 13.5. The van der Waals surface area contributed by atoms with Gasteiger partial charge >= 0.3 is 5.97 Å². The van der Waals surface area contributed by atoms with Crippen molar-refractivity contribution in [1.29, 1.82) is 0 Å². The summed E-state index contributed by atoms with van der Waals surface area (Å²) in [7, 11) is 3.00. The molecule has 1 unspecified atom stereocenters. The number of carbonyl (C=O) groups is 1. The predicted octanol–water partition coefficient (Wildman–Crippen LogP) is 3.25. The third-order valence-electron chi connectivity index (χ3n) is 3.46. The van der Waals surface area contributed by atoms with Crippen molar-refractivity contribution in [3.8, 4) is 11.5 Å². The lowest BCUT2D eigenvalue weighted by Crippen LogP contribution is -2.15. The number of benzene rings is 2. The van der Waals surface area contributed by atoms with Gasteiger partial charge in [-0.2, -0.15) is 0 Å². The molecule has 0 heterocycles. The van der Waals surface area contributed by atoms with Gasteiger partial charge in [-0.1, -0.05) is 12.1 Å². The summed E-state index contributed by atoms with van der Waals surface area (Å²) in [6.07, 6.45) is 0.235. The smallest absolute Gasteiger partial charge is 0.311 e. The van der Waals surface area contributed by atoms with Crippen LogP contribution in [0.4, 0.5) is 4.39 Å². The Morgan fingerprint density at radius 3 is 2.36 bits per heavy atom. The van der Waals surface area contributed by atoms with Crippen LogP contribution in [0.15, 0.2) is 42.5 Å². The van der Waals surface area contributed by atoms with E-state index in [4.69, 9.17) is 9.47 Å². The van der Waals surface area contributed by atoms with E-state index < -0.39 is 17.7 Å². The van der Waals surface area contributed by atoms with Crippen molar-refractivity contribution >= 4 is 5.97 Å². The minimum Gasteiger partial charge on any atom is -0.497 e. The van der Waals surface area contributed by atoms with E-state index in [-0.39, 0.29) is 6.42 Å².